The smallest absolute Gasteiger partial charge is 0.323 e. The second-order valence-corrected chi connectivity index (χ2v) is 6.17. The van der Waals surface area contributed by atoms with E-state index in [0.29, 0.717) is 6.42 Å². The monoisotopic (exact) mass is 300 g/mol. The van der Waals surface area contributed by atoms with Gasteiger partial charge < -0.3 is 15.0 Å². The Morgan fingerprint density at radius 3 is 2.70 bits per heavy atom. The van der Waals surface area contributed by atoms with Crippen molar-refractivity contribution in [3.05, 3.63) is 5.82 Å². The third-order valence-corrected chi connectivity index (χ3v) is 4.45. The number of carboxylic acids is 1. The van der Waals surface area contributed by atoms with Gasteiger partial charge in [0.15, 0.2) is 5.16 Å². The van der Waals surface area contributed by atoms with Crippen LogP contribution >= 0.6 is 11.8 Å². The molecule has 6 nitrogen and oxygen atoms in total. The number of thioether (sulfide) groups is 1. The summed E-state index contributed by atoms with van der Waals surface area (Å²) in [7, 11) is 1.93. The molecular weight excluding hydrogens is 276 g/mol. The summed E-state index contributed by atoms with van der Waals surface area (Å²) in [4.78, 5) is 11.4. The fraction of sp³-hybridized carbons (Fsp3) is 0.769. The van der Waals surface area contributed by atoms with Crippen molar-refractivity contribution in [1.82, 2.24) is 20.1 Å². The van der Waals surface area contributed by atoms with Crippen LogP contribution in [0.25, 0.3) is 0 Å². The zero-order chi connectivity index (χ0) is 15.2. The first-order chi connectivity index (χ1) is 9.40. The third-order valence-electron chi connectivity index (χ3n) is 3.34. The topological polar surface area (TPSA) is 80.0 Å². The molecule has 2 N–H and O–H groups in total. The summed E-state index contributed by atoms with van der Waals surface area (Å²) in [5.74, 6) is 0.931. The number of aliphatic carboxylic acids is 1. The number of nitrogens with zero attached hydrogens (tertiary/aromatic N) is 3. The molecule has 1 aromatic heterocycles. The molecule has 1 aromatic rings. The van der Waals surface area contributed by atoms with Gasteiger partial charge in [-0.3, -0.25) is 4.79 Å². The molecule has 1 heterocycles. The first-order valence-electron chi connectivity index (χ1n) is 6.88. The number of hydrogen-bond donors (Lipinski definition) is 2. The zero-order valence-corrected chi connectivity index (χ0v) is 13.5. The maximum Gasteiger partial charge on any atom is 0.323 e. The van der Waals surface area contributed by atoms with Gasteiger partial charge >= 0.3 is 5.97 Å². The molecule has 0 aliphatic heterocycles. The number of rotatable bonds is 9. The van der Waals surface area contributed by atoms with Crippen molar-refractivity contribution in [3.63, 3.8) is 0 Å². The predicted molar refractivity (Wildman–Crippen MR) is 80.0 cm³/mol. The first kappa shape index (κ1) is 17.0. The Balaban J connectivity index is 2.41. The van der Waals surface area contributed by atoms with Gasteiger partial charge in [-0.05, 0) is 39.7 Å². The number of nitrogens with one attached hydrogen (secondary N) is 1. The molecule has 1 rings (SSSR count). The summed E-state index contributed by atoms with van der Waals surface area (Å²) >= 11 is 1.61. The standard InChI is InChI=1S/C13H24N4O2S/c1-5-8-14-13(3,11(18)19)7-6-9-20-12-16-15-10(2)17(12)4/h14H,5-9H2,1-4H3,(H,18,19). The van der Waals surface area contributed by atoms with Crippen molar-refractivity contribution in [2.24, 2.45) is 7.05 Å². The lowest BCUT2D eigenvalue weighted by molar-refractivity contribution is -0.144. The van der Waals surface area contributed by atoms with E-state index in [2.05, 4.69) is 15.5 Å². The second-order valence-electron chi connectivity index (χ2n) is 5.10. The Kier molecular flexibility index (Phi) is 6.48. The highest BCUT2D eigenvalue weighted by molar-refractivity contribution is 7.99. The first-order valence-corrected chi connectivity index (χ1v) is 7.86. The van der Waals surface area contributed by atoms with Crippen molar-refractivity contribution in [3.8, 4) is 0 Å². The minimum atomic E-state index is -0.841. The molecule has 0 saturated carbocycles. The van der Waals surface area contributed by atoms with Crippen molar-refractivity contribution >= 4 is 17.7 Å². The van der Waals surface area contributed by atoms with E-state index in [1.165, 1.54) is 0 Å². The summed E-state index contributed by atoms with van der Waals surface area (Å²) in [5.41, 5.74) is -0.841. The summed E-state index contributed by atoms with van der Waals surface area (Å²) in [6.45, 7) is 6.41. The quantitative estimate of drug-likeness (QED) is 0.535. The fourth-order valence-corrected chi connectivity index (χ4v) is 2.67. The predicted octanol–water partition coefficient (Wildman–Crippen LogP) is 1.84. The van der Waals surface area contributed by atoms with Gasteiger partial charge in [-0.1, -0.05) is 18.7 Å². The van der Waals surface area contributed by atoms with Gasteiger partial charge in [0, 0.05) is 12.8 Å². The summed E-state index contributed by atoms with van der Waals surface area (Å²) in [6, 6.07) is 0. The second kappa shape index (κ2) is 7.64. The number of aromatic nitrogens is 3. The van der Waals surface area contributed by atoms with E-state index in [-0.39, 0.29) is 0 Å². The average Bonchev–Trinajstić information content (AvgIpc) is 2.73. The molecule has 1 unspecified atom stereocenters. The zero-order valence-electron chi connectivity index (χ0n) is 12.6. The molecule has 0 aliphatic rings. The van der Waals surface area contributed by atoms with E-state index in [1.807, 2.05) is 25.5 Å². The SMILES string of the molecule is CCCNC(C)(CCCSc1nnc(C)n1C)C(=O)O. The van der Waals surface area contributed by atoms with E-state index in [9.17, 15) is 9.90 Å². The van der Waals surface area contributed by atoms with E-state index in [0.717, 1.165) is 36.1 Å². The molecular formula is C13H24N4O2S. The highest BCUT2D eigenvalue weighted by Crippen LogP contribution is 2.20. The molecule has 0 aromatic carbocycles. The van der Waals surface area contributed by atoms with Crippen LogP contribution in [0.15, 0.2) is 5.16 Å². The van der Waals surface area contributed by atoms with Gasteiger partial charge in [0.1, 0.15) is 11.4 Å². The molecule has 0 saturated heterocycles. The Bertz CT molecular complexity index is 450. The van der Waals surface area contributed by atoms with E-state index in [4.69, 9.17) is 0 Å². The van der Waals surface area contributed by atoms with Crippen molar-refractivity contribution in [2.45, 2.75) is 50.7 Å². The lowest BCUT2D eigenvalue weighted by Crippen LogP contribution is -2.49. The fourth-order valence-electron chi connectivity index (χ4n) is 1.77. The Labute approximate surface area is 124 Å². The van der Waals surface area contributed by atoms with Crippen LogP contribution in [0.4, 0.5) is 0 Å². The summed E-state index contributed by atoms with van der Waals surface area (Å²) in [5, 5.41) is 21.4. The lowest BCUT2D eigenvalue weighted by atomic mass is 9.96. The van der Waals surface area contributed by atoms with Gasteiger partial charge in [-0.25, -0.2) is 0 Å². The average molecular weight is 300 g/mol. The molecule has 0 amide bonds. The van der Waals surface area contributed by atoms with Gasteiger partial charge in [-0.2, -0.15) is 0 Å². The third kappa shape index (κ3) is 4.49. The van der Waals surface area contributed by atoms with Crippen molar-refractivity contribution in [1.29, 1.82) is 0 Å². The molecule has 0 aliphatic carbocycles. The molecule has 1 atom stereocenters. The molecule has 0 radical (unpaired) electrons. The Hall–Kier alpha value is -1.08. The molecule has 7 heteroatoms. The van der Waals surface area contributed by atoms with Crippen LogP contribution in [-0.4, -0.2) is 43.7 Å². The van der Waals surface area contributed by atoms with Crippen LogP contribution in [0.5, 0.6) is 0 Å². The van der Waals surface area contributed by atoms with Gasteiger partial charge in [0.25, 0.3) is 0 Å². The number of hydrogen-bond acceptors (Lipinski definition) is 5. The van der Waals surface area contributed by atoms with Crippen LogP contribution < -0.4 is 5.32 Å². The summed E-state index contributed by atoms with van der Waals surface area (Å²) in [6.07, 6.45) is 2.35. The van der Waals surface area contributed by atoms with Crippen LogP contribution in [-0.2, 0) is 11.8 Å². The highest BCUT2D eigenvalue weighted by atomic mass is 32.2. The minimum absolute atomic E-state index is 0.603. The van der Waals surface area contributed by atoms with E-state index < -0.39 is 11.5 Å². The van der Waals surface area contributed by atoms with Gasteiger partial charge in [-0.15, -0.1) is 10.2 Å². The largest absolute Gasteiger partial charge is 0.480 e. The van der Waals surface area contributed by atoms with Crippen molar-refractivity contribution < 1.29 is 9.90 Å². The molecule has 114 valence electrons. The van der Waals surface area contributed by atoms with E-state index in [1.54, 1.807) is 18.7 Å². The lowest BCUT2D eigenvalue weighted by Gasteiger charge is -2.26. The van der Waals surface area contributed by atoms with Crippen LogP contribution in [0.3, 0.4) is 0 Å². The summed E-state index contributed by atoms with van der Waals surface area (Å²) < 4.78 is 1.94. The Morgan fingerprint density at radius 1 is 1.50 bits per heavy atom. The number of carboxylic acid groups (broad SMARTS) is 1. The number of carbonyl (C=O) groups is 1. The van der Waals surface area contributed by atoms with Gasteiger partial charge in [0.2, 0.25) is 0 Å². The molecule has 0 fully saturated rings. The maximum absolute atomic E-state index is 11.4. The van der Waals surface area contributed by atoms with Crippen LogP contribution in [0.2, 0.25) is 0 Å². The highest BCUT2D eigenvalue weighted by Gasteiger charge is 2.31. The van der Waals surface area contributed by atoms with Gasteiger partial charge in [0.05, 0.1) is 0 Å². The minimum Gasteiger partial charge on any atom is -0.480 e. The van der Waals surface area contributed by atoms with Crippen molar-refractivity contribution in [2.75, 3.05) is 12.3 Å². The molecule has 0 spiro atoms. The van der Waals surface area contributed by atoms with Crippen LogP contribution in [0, 0.1) is 6.92 Å². The molecule has 20 heavy (non-hydrogen) atoms. The maximum atomic E-state index is 11.4. The number of aryl methyl sites for hydroxylation is 1. The van der Waals surface area contributed by atoms with Crippen LogP contribution in [0.1, 0.15) is 38.9 Å². The van der Waals surface area contributed by atoms with E-state index >= 15 is 0 Å². The normalized spacial score (nSPS) is 14.2. The molecule has 0 bridgehead atoms. The Morgan fingerprint density at radius 2 is 2.20 bits per heavy atom.